The maximum absolute atomic E-state index is 11.9. The van der Waals surface area contributed by atoms with E-state index in [1.165, 1.54) is 0 Å². The second-order valence-corrected chi connectivity index (χ2v) is 12.6. The van der Waals surface area contributed by atoms with E-state index in [-0.39, 0.29) is 32.2 Å². The minimum absolute atomic E-state index is 0.162. The molecule has 0 radical (unpaired) electrons. The molecular formula is C40H65NO7. The van der Waals surface area contributed by atoms with Crippen molar-refractivity contribution in [3.8, 4) is 0 Å². The van der Waals surface area contributed by atoms with Crippen LogP contribution in [0.25, 0.3) is 0 Å². The molecule has 0 bridgehead atoms. The highest BCUT2D eigenvalue weighted by atomic mass is 16.7. The zero-order chi connectivity index (χ0) is 35.6. The van der Waals surface area contributed by atoms with E-state index in [1.54, 1.807) is 0 Å². The zero-order valence-electron chi connectivity index (χ0n) is 30.3. The number of likely N-dealkylation sites (N-methyl/N-ethyl adjacent to an activating group) is 1. The summed E-state index contributed by atoms with van der Waals surface area (Å²) in [5.74, 6) is -1.90. The molecule has 0 saturated carbocycles. The van der Waals surface area contributed by atoms with Crippen molar-refractivity contribution in [2.24, 2.45) is 0 Å². The van der Waals surface area contributed by atoms with Gasteiger partial charge in [-0.25, -0.2) is 0 Å². The average molecular weight is 672 g/mol. The molecule has 0 aromatic rings. The van der Waals surface area contributed by atoms with E-state index in [0.717, 1.165) is 83.5 Å². The van der Waals surface area contributed by atoms with Crippen LogP contribution in [0.2, 0.25) is 0 Å². The van der Waals surface area contributed by atoms with Gasteiger partial charge in [0.05, 0.1) is 40.3 Å². The number of aliphatic carboxylic acids is 1. The Morgan fingerprint density at radius 3 is 1.58 bits per heavy atom. The molecule has 2 atom stereocenters. The van der Waals surface area contributed by atoms with Crippen molar-refractivity contribution in [3.05, 3.63) is 85.1 Å². The highest BCUT2D eigenvalue weighted by molar-refractivity contribution is 5.69. The molecule has 2 unspecified atom stereocenters. The lowest BCUT2D eigenvalue weighted by Crippen LogP contribution is -2.44. The van der Waals surface area contributed by atoms with E-state index in [1.807, 2.05) is 21.1 Å². The minimum Gasteiger partial charge on any atom is -0.545 e. The van der Waals surface area contributed by atoms with Crippen molar-refractivity contribution in [1.82, 2.24) is 0 Å². The van der Waals surface area contributed by atoms with E-state index in [9.17, 15) is 19.8 Å². The second-order valence-electron chi connectivity index (χ2n) is 12.6. The Bertz CT molecular complexity index is 1000. The van der Waals surface area contributed by atoms with Crippen LogP contribution in [0.15, 0.2) is 85.1 Å². The van der Waals surface area contributed by atoms with Gasteiger partial charge in [0.25, 0.3) is 0 Å². The maximum atomic E-state index is 11.9. The molecule has 0 aromatic carbocycles. The summed E-state index contributed by atoms with van der Waals surface area (Å²) in [6, 6.07) is 0. The van der Waals surface area contributed by atoms with Crippen molar-refractivity contribution in [2.75, 3.05) is 47.5 Å². The Balaban J connectivity index is 3.69. The number of aliphatic hydroxyl groups is 1. The number of esters is 1. The molecule has 0 aliphatic carbocycles. The molecule has 1 N–H and O–H groups in total. The molecule has 8 nitrogen and oxygen atoms in total. The molecule has 0 aliphatic heterocycles. The van der Waals surface area contributed by atoms with E-state index < -0.39 is 18.4 Å². The lowest BCUT2D eigenvalue weighted by molar-refractivity contribution is -0.870. The molecular weight excluding hydrogens is 606 g/mol. The Morgan fingerprint density at radius 1 is 0.646 bits per heavy atom. The molecule has 0 aliphatic rings. The Morgan fingerprint density at radius 2 is 1.10 bits per heavy atom. The second kappa shape index (κ2) is 32.5. The molecule has 8 heteroatoms. The number of carbonyl (C=O) groups is 2. The van der Waals surface area contributed by atoms with E-state index in [0.29, 0.717) is 11.0 Å². The SMILES string of the molecule is CC/C=C\C/C=C\C/C=C\C/C=C\C/C=C\C/C=C\C/C=C\CCCCCCCC(=O)OCC(O)COC(OCC[N+](C)(C)C)C(=O)[O-]. The predicted octanol–water partition coefficient (Wildman–Crippen LogP) is 7.08. The lowest BCUT2D eigenvalue weighted by atomic mass is 10.1. The zero-order valence-corrected chi connectivity index (χ0v) is 30.3. The van der Waals surface area contributed by atoms with Crippen molar-refractivity contribution < 1.29 is 38.5 Å². The Labute approximate surface area is 291 Å². The van der Waals surface area contributed by atoms with E-state index in [4.69, 9.17) is 14.2 Å². The van der Waals surface area contributed by atoms with Gasteiger partial charge in [-0.2, -0.15) is 0 Å². The third kappa shape index (κ3) is 34.3. The average Bonchev–Trinajstić information content (AvgIpc) is 3.04. The highest BCUT2D eigenvalue weighted by Gasteiger charge is 2.17. The predicted molar refractivity (Wildman–Crippen MR) is 195 cm³/mol. The highest BCUT2D eigenvalue weighted by Crippen LogP contribution is 2.09. The number of aliphatic hydroxyl groups excluding tert-OH is 1. The number of hydrogen-bond donors (Lipinski definition) is 1. The van der Waals surface area contributed by atoms with E-state index in [2.05, 4.69) is 92.0 Å². The van der Waals surface area contributed by atoms with Crippen molar-refractivity contribution >= 4 is 11.9 Å². The van der Waals surface area contributed by atoms with Gasteiger partial charge in [-0.15, -0.1) is 0 Å². The first-order valence-electron chi connectivity index (χ1n) is 17.8. The number of hydrogen-bond acceptors (Lipinski definition) is 7. The quantitative estimate of drug-likeness (QED) is 0.0276. The molecule has 272 valence electrons. The third-order valence-electron chi connectivity index (χ3n) is 6.89. The number of quaternary nitrogens is 1. The van der Waals surface area contributed by atoms with Crippen molar-refractivity contribution in [1.29, 1.82) is 0 Å². The van der Waals surface area contributed by atoms with Gasteiger partial charge in [0.15, 0.2) is 6.29 Å². The summed E-state index contributed by atoms with van der Waals surface area (Å²) in [6.45, 7) is 2.29. The number of nitrogens with zero attached hydrogens (tertiary/aromatic N) is 1. The lowest BCUT2D eigenvalue weighted by Gasteiger charge is -2.26. The molecule has 0 saturated heterocycles. The van der Waals surface area contributed by atoms with Crippen LogP contribution in [0.1, 0.15) is 96.8 Å². The Hall–Kier alpha value is -3.04. The standard InChI is InChI=1S/C40H65NO7/c1-5-6-7-8-9-10-11-12-13-14-15-16-17-18-19-20-21-22-23-24-25-26-27-28-29-30-31-32-38(43)47-35-37(42)36-48-40(39(44)45)46-34-33-41(2,3)4/h6-7,9-10,12-13,15-16,18-19,21-22,24-25,37,40,42H,5,8,11,14,17,20,23,26-36H2,1-4H3/b7-6-,10-9-,13-12-,16-15-,19-18-,22-21-,25-24-. The van der Waals surface area contributed by atoms with Crippen LogP contribution in [0.3, 0.4) is 0 Å². The fraction of sp³-hybridized carbons (Fsp3) is 0.600. The van der Waals surface area contributed by atoms with Gasteiger partial charge in [0.2, 0.25) is 0 Å². The van der Waals surface area contributed by atoms with Crippen LogP contribution in [-0.4, -0.2) is 81.4 Å². The number of allylic oxidation sites excluding steroid dienone is 14. The first kappa shape index (κ1) is 45.0. The van der Waals surface area contributed by atoms with Gasteiger partial charge >= 0.3 is 5.97 Å². The number of carboxylic acid groups (broad SMARTS) is 1. The number of rotatable bonds is 31. The fourth-order valence-electron chi connectivity index (χ4n) is 4.10. The first-order valence-corrected chi connectivity index (χ1v) is 17.8. The summed E-state index contributed by atoms with van der Waals surface area (Å²) in [5.41, 5.74) is 0. The number of carboxylic acids is 1. The van der Waals surface area contributed by atoms with E-state index >= 15 is 0 Å². The molecule has 0 amide bonds. The summed E-state index contributed by atoms with van der Waals surface area (Å²) >= 11 is 0. The number of unbranched alkanes of at least 4 members (excludes halogenated alkanes) is 5. The summed E-state index contributed by atoms with van der Waals surface area (Å²) in [4.78, 5) is 23.1. The van der Waals surface area contributed by atoms with Crippen molar-refractivity contribution in [3.63, 3.8) is 0 Å². The Kier molecular flexibility index (Phi) is 30.4. The summed E-state index contributed by atoms with van der Waals surface area (Å²) in [5, 5.41) is 21.1. The third-order valence-corrected chi connectivity index (χ3v) is 6.89. The molecule has 0 heterocycles. The number of carbonyl (C=O) groups excluding carboxylic acids is 2. The smallest absolute Gasteiger partial charge is 0.305 e. The van der Waals surface area contributed by atoms with Gasteiger partial charge in [-0.05, 0) is 64.2 Å². The van der Waals surface area contributed by atoms with Crippen LogP contribution in [0.5, 0.6) is 0 Å². The normalized spacial score (nSPS) is 14.3. The van der Waals surface area contributed by atoms with Crippen LogP contribution in [0.4, 0.5) is 0 Å². The molecule has 0 spiro atoms. The summed E-state index contributed by atoms with van der Waals surface area (Å²) < 4.78 is 16.0. The van der Waals surface area contributed by atoms with Gasteiger partial charge < -0.3 is 33.7 Å². The monoisotopic (exact) mass is 671 g/mol. The van der Waals surface area contributed by atoms with Crippen LogP contribution < -0.4 is 5.11 Å². The molecule has 48 heavy (non-hydrogen) atoms. The molecule has 0 fully saturated rings. The van der Waals surface area contributed by atoms with Crippen molar-refractivity contribution in [2.45, 2.75) is 109 Å². The van der Waals surface area contributed by atoms with Crippen LogP contribution >= 0.6 is 0 Å². The van der Waals surface area contributed by atoms with Gasteiger partial charge in [0, 0.05) is 6.42 Å². The summed E-state index contributed by atoms with van der Waals surface area (Å²) in [7, 11) is 5.85. The maximum Gasteiger partial charge on any atom is 0.305 e. The number of ether oxygens (including phenoxy) is 3. The minimum atomic E-state index is -1.58. The van der Waals surface area contributed by atoms with Crippen LogP contribution in [0, 0.1) is 0 Å². The first-order chi connectivity index (χ1) is 23.2. The van der Waals surface area contributed by atoms with Gasteiger partial charge in [-0.3, -0.25) is 4.79 Å². The summed E-state index contributed by atoms with van der Waals surface area (Å²) in [6.07, 6.45) is 41.6. The molecule has 0 aromatic heterocycles. The largest absolute Gasteiger partial charge is 0.545 e. The molecule has 0 rings (SSSR count). The van der Waals surface area contributed by atoms with Gasteiger partial charge in [-0.1, -0.05) is 111 Å². The fourth-order valence-corrected chi connectivity index (χ4v) is 4.10. The topological polar surface area (TPSA) is 105 Å². The van der Waals surface area contributed by atoms with Gasteiger partial charge in [0.1, 0.15) is 19.3 Å². The van der Waals surface area contributed by atoms with Crippen LogP contribution in [-0.2, 0) is 23.8 Å².